The molecule has 110 valence electrons. The predicted molar refractivity (Wildman–Crippen MR) is 87.2 cm³/mol. The Labute approximate surface area is 135 Å². The topological polar surface area (TPSA) is 72.2 Å². The number of sulfonamides is 1. The fraction of sp³-hybridized carbons (Fsp3) is 0. The van der Waals surface area contributed by atoms with Gasteiger partial charge >= 0.3 is 0 Å². The van der Waals surface area contributed by atoms with Crippen molar-refractivity contribution in [1.82, 2.24) is 0 Å². The lowest BCUT2D eigenvalue weighted by atomic mass is 10.2. The van der Waals surface area contributed by atoms with E-state index in [-0.39, 0.29) is 15.6 Å². The third-order valence-electron chi connectivity index (χ3n) is 2.60. The number of anilines is 1. The number of nitrogens with one attached hydrogen (secondary N) is 1. The first-order valence-corrected chi connectivity index (χ1v) is 8.36. The van der Waals surface area contributed by atoms with E-state index in [0.717, 1.165) is 6.07 Å². The molecule has 2 rings (SSSR count). The normalized spacial score (nSPS) is 11.1. The summed E-state index contributed by atoms with van der Waals surface area (Å²) in [5, 5.41) is 0. The van der Waals surface area contributed by atoms with Crippen molar-refractivity contribution in [2.45, 2.75) is 4.90 Å². The van der Waals surface area contributed by atoms with Crippen LogP contribution in [0, 0.1) is 5.82 Å². The maximum absolute atomic E-state index is 13.9. The summed E-state index contributed by atoms with van der Waals surface area (Å²) in [4.78, 5) is 0.0602. The highest BCUT2D eigenvalue weighted by Crippen LogP contribution is 2.22. The molecule has 0 aliphatic heterocycles. The van der Waals surface area contributed by atoms with Crippen molar-refractivity contribution in [2.24, 2.45) is 5.73 Å². The predicted octanol–water partition coefficient (Wildman–Crippen LogP) is 3.02. The maximum atomic E-state index is 13.9. The Morgan fingerprint density at radius 3 is 2.52 bits per heavy atom. The number of thiocarbonyl (C=S) groups is 1. The van der Waals surface area contributed by atoms with Gasteiger partial charge in [-0.25, -0.2) is 12.8 Å². The van der Waals surface area contributed by atoms with Crippen molar-refractivity contribution in [1.29, 1.82) is 0 Å². The zero-order valence-electron chi connectivity index (χ0n) is 10.5. The van der Waals surface area contributed by atoms with Gasteiger partial charge in [-0.2, -0.15) is 0 Å². The van der Waals surface area contributed by atoms with Crippen molar-refractivity contribution in [3.63, 3.8) is 0 Å². The number of halogens is 2. The molecule has 8 heteroatoms. The molecule has 0 saturated heterocycles. The Balaban J connectivity index is 2.35. The third-order valence-corrected chi connectivity index (χ3v) is 4.70. The summed E-state index contributed by atoms with van der Waals surface area (Å²) >= 11 is 7.92. The highest BCUT2D eigenvalue weighted by atomic mass is 79.9. The van der Waals surface area contributed by atoms with E-state index in [1.807, 2.05) is 0 Å². The van der Waals surface area contributed by atoms with Crippen molar-refractivity contribution in [2.75, 3.05) is 4.72 Å². The molecule has 2 aromatic carbocycles. The number of hydrogen-bond acceptors (Lipinski definition) is 3. The van der Waals surface area contributed by atoms with Crippen LogP contribution >= 0.6 is 28.1 Å². The van der Waals surface area contributed by atoms with Crippen molar-refractivity contribution in [3.8, 4) is 0 Å². The molecule has 0 aliphatic carbocycles. The molecule has 0 heterocycles. The van der Waals surface area contributed by atoms with E-state index in [1.54, 1.807) is 12.1 Å². The van der Waals surface area contributed by atoms with Crippen LogP contribution in [0.2, 0.25) is 0 Å². The smallest absolute Gasteiger partial charge is 0.262 e. The van der Waals surface area contributed by atoms with Crippen LogP contribution in [0.25, 0.3) is 0 Å². The van der Waals surface area contributed by atoms with Gasteiger partial charge in [0, 0.05) is 10.0 Å². The van der Waals surface area contributed by atoms with Gasteiger partial charge in [0.1, 0.15) is 10.8 Å². The van der Waals surface area contributed by atoms with Gasteiger partial charge in [0.25, 0.3) is 10.0 Å². The minimum Gasteiger partial charge on any atom is -0.389 e. The summed E-state index contributed by atoms with van der Waals surface area (Å²) in [7, 11) is -3.88. The average Bonchev–Trinajstić information content (AvgIpc) is 2.40. The van der Waals surface area contributed by atoms with Crippen molar-refractivity contribution >= 4 is 48.8 Å². The summed E-state index contributed by atoms with van der Waals surface area (Å²) in [6.45, 7) is 0. The van der Waals surface area contributed by atoms with Gasteiger partial charge in [0.15, 0.2) is 0 Å². The second-order valence-electron chi connectivity index (χ2n) is 4.12. The second kappa shape index (κ2) is 6.08. The second-order valence-corrected chi connectivity index (χ2v) is 7.16. The molecule has 0 amide bonds. The van der Waals surface area contributed by atoms with E-state index in [1.165, 1.54) is 24.3 Å². The van der Waals surface area contributed by atoms with Crippen LogP contribution in [0.4, 0.5) is 10.1 Å². The Morgan fingerprint density at radius 2 is 1.95 bits per heavy atom. The molecule has 0 aliphatic rings. The minimum atomic E-state index is -3.88. The zero-order valence-corrected chi connectivity index (χ0v) is 13.7. The Hall–Kier alpha value is -1.51. The molecule has 0 bridgehead atoms. The molecule has 2 aromatic rings. The van der Waals surface area contributed by atoms with E-state index in [4.69, 9.17) is 18.0 Å². The fourth-order valence-electron chi connectivity index (χ4n) is 1.59. The van der Waals surface area contributed by atoms with E-state index < -0.39 is 15.8 Å². The summed E-state index contributed by atoms with van der Waals surface area (Å²) in [5.74, 6) is -0.751. The maximum Gasteiger partial charge on any atom is 0.262 e. The van der Waals surface area contributed by atoms with Crippen LogP contribution in [0.5, 0.6) is 0 Å². The van der Waals surface area contributed by atoms with Crippen LogP contribution in [0.15, 0.2) is 51.8 Å². The summed E-state index contributed by atoms with van der Waals surface area (Å²) in [6.07, 6.45) is 0. The molecule has 0 spiro atoms. The minimum absolute atomic E-state index is 0.0229. The summed E-state index contributed by atoms with van der Waals surface area (Å²) < 4.78 is 41.0. The molecule has 4 nitrogen and oxygen atoms in total. The van der Waals surface area contributed by atoms with Crippen molar-refractivity contribution < 1.29 is 12.8 Å². The van der Waals surface area contributed by atoms with Gasteiger partial charge in [-0.1, -0.05) is 34.2 Å². The lowest BCUT2D eigenvalue weighted by Gasteiger charge is -2.10. The van der Waals surface area contributed by atoms with E-state index in [9.17, 15) is 12.8 Å². The molecular formula is C13H10BrFN2O2S2. The first kappa shape index (κ1) is 15.9. The standard InChI is InChI=1S/C13H10BrFN2O2S2/c14-9-2-1-3-10(7-9)21(18,19)17-12-5-4-8(13(16)20)6-11(12)15/h1-7,17H,(H2,16,20). The molecule has 0 saturated carbocycles. The largest absolute Gasteiger partial charge is 0.389 e. The first-order chi connectivity index (χ1) is 9.79. The number of benzene rings is 2. The van der Waals surface area contributed by atoms with Crippen LogP contribution < -0.4 is 10.5 Å². The van der Waals surface area contributed by atoms with Crippen LogP contribution in [0.3, 0.4) is 0 Å². The van der Waals surface area contributed by atoms with Gasteiger partial charge in [-0.3, -0.25) is 4.72 Å². The summed E-state index contributed by atoms with van der Waals surface area (Å²) in [5.41, 5.74) is 5.54. The molecule has 0 atom stereocenters. The van der Waals surface area contributed by atoms with Gasteiger partial charge in [-0.15, -0.1) is 0 Å². The van der Waals surface area contributed by atoms with Gasteiger partial charge in [0.2, 0.25) is 0 Å². The Kier molecular flexibility index (Phi) is 4.60. The molecule has 0 aromatic heterocycles. The van der Waals surface area contributed by atoms with Crippen molar-refractivity contribution in [3.05, 3.63) is 58.3 Å². The monoisotopic (exact) mass is 388 g/mol. The number of rotatable bonds is 4. The number of nitrogens with two attached hydrogens (primary N) is 1. The SMILES string of the molecule is NC(=S)c1ccc(NS(=O)(=O)c2cccc(Br)c2)c(F)c1. The van der Waals surface area contributed by atoms with Gasteiger partial charge in [-0.05, 0) is 36.4 Å². The Bertz CT molecular complexity index is 810. The highest BCUT2D eigenvalue weighted by molar-refractivity contribution is 9.10. The molecule has 0 fully saturated rings. The first-order valence-electron chi connectivity index (χ1n) is 5.67. The van der Waals surface area contributed by atoms with Crippen LogP contribution in [-0.2, 0) is 10.0 Å². The molecule has 0 unspecified atom stereocenters. The highest BCUT2D eigenvalue weighted by Gasteiger charge is 2.17. The Morgan fingerprint density at radius 1 is 1.24 bits per heavy atom. The van der Waals surface area contributed by atoms with Gasteiger partial charge in [0.05, 0.1) is 10.6 Å². The molecular weight excluding hydrogens is 379 g/mol. The molecule has 0 radical (unpaired) electrons. The third kappa shape index (κ3) is 3.78. The number of hydrogen-bond donors (Lipinski definition) is 2. The van der Waals surface area contributed by atoms with E-state index in [2.05, 4.69) is 20.7 Å². The van der Waals surface area contributed by atoms with Crippen LogP contribution in [0.1, 0.15) is 5.56 Å². The lowest BCUT2D eigenvalue weighted by Crippen LogP contribution is -2.15. The molecule has 21 heavy (non-hydrogen) atoms. The van der Waals surface area contributed by atoms with E-state index >= 15 is 0 Å². The fourth-order valence-corrected chi connectivity index (χ4v) is 3.38. The van der Waals surface area contributed by atoms with Crippen LogP contribution in [-0.4, -0.2) is 13.4 Å². The van der Waals surface area contributed by atoms with Gasteiger partial charge < -0.3 is 5.73 Å². The molecule has 3 N–H and O–H groups in total. The van der Waals surface area contributed by atoms with E-state index in [0.29, 0.717) is 10.0 Å². The zero-order chi connectivity index (χ0) is 15.6. The quantitative estimate of drug-likeness (QED) is 0.789. The average molecular weight is 389 g/mol. The summed E-state index contributed by atoms with van der Waals surface area (Å²) in [6, 6.07) is 9.91. The lowest BCUT2D eigenvalue weighted by molar-refractivity contribution is 0.598.